The lowest BCUT2D eigenvalue weighted by atomic mass is 10.1. The van der Waals surface area contributed by atoms with Crippen LogP contribution in [0.1, 0.15) is 23.9 Å². The maximum Gasteiger partial charge on any atom is 0.298 e. The number of halogens is 2. The summed E-state index contributed by atoms with van der Waals surface area (Å²) in [7, 11) is 1.97. The van der Waals surface area contributed by atoms with Crippen LogP contribution in [0.15, 0.2) is 41.4 Å². The van der Waals surface area contributed by atoms with E-state index >= 15 is 0 Å². The Kier molecular flexibility index (Phi) is 7.47. The molecule has 152 valence electrons. The molecule has 0 saturated carbocycles. The van der Waals surface area contributed by atoms with Crippen LogP contribution in [0.4, 0.5) is 5.69 Å². The second-order valence-electron chi connectivity index (χ2n) is 6.59. The minimum absolute atomic E-state index is 0.472. The van der Waals surface area contributed by atoms with Crippen molar-refractivity contribution in [3.8, 4) is 10.9 Å². The average Bonchev–Trinajstić information content (AvgIpc) is 3.16. The first-order valence-electron chi connectivity index (χ1n) is 9.24. The number of hydrogen-bond donors (Lipinski definition) is 0. The van der Waals surface area contributed by atoms with Crippen LogP contribution in [0, 0.1) is 6.92 Å². The number of nitrogens with zero attached hydrogens (tertiary/aromatic N) is 4. The van der Waals surface area contributed by atoms with Crippen LogP contribution in [0.2, 0.25) is 10.0 Å². The molecular weight excluding hydrogens is 427 g/mol. The van der Waals surface area contributed by atoms with E-state index in [-0.39, 0.29) is 0 Å². The second-order valence-corrected chi connectivity index (χ2v) is 8.15. The fraction of sp³-hybridized carbons (Fsp3) is 0.286. The number of ether oxygens (including phenoxy) is 1. The summed E-state index contributed by atoms with van der Waals surface area (Å²) in [6, 6.07) is 11.5. The van der Waals surface area contributed by atoms with Gasteiger partial charge >= 0.3 is 0 Å². The molecule has 0 bridgehead atoms. The van der Waals surface area contributed by atoms with Crippen LogP contribution in [0.3, 0.4) is 0 Å². The van der Waals surface area contributed by atoms with Crippen molar-refractivity contribution < 1.29 is 4.74 Å². The number of aryl methyl sites for hydroxylation is 3. The van der Waals surface area contributed by atoms with Gasteiger partial charge in [0.15, 0.2) is 0 Å². The summed E-state index contributed by atoms with van der Waals surface area (Å²) in [6.07, 6.45) is 3.36. The molecule has 0 N–H and O–H groups in total. The van der Waals surface area contributed by atoms with Gasteiger partial charge in [-0.1, -0.05) is 35.3 Å². The van der Waals surface area contributed by atoms with E-state index in [4.69, 9.17) is 27.9 Å². The summed E-state index contributed by atoms with van der Waals surface area (Å²) in [5.41, 5.74) is 2.97. The minimum Gasteiger partial charge on any atom is -0.428 e. The molecule has 0 aliphatic rings. The maximum atomic E-state index is 6.39. The van der Waals surface area contributed by atoms with Gasteiger partial charge in [0.1, 0.15) is 11.6 Å². The van der Waals surface area contributed by atoms with Gasteiger partial charge < -0.3 is 9.64 Å². The summed E-state index contributed by atoms with van der Waals surface area (Å²) in [6.45, 7) is 4.92. The zero-order valence-electron chi connectivity index (χ0n) is 16.5. The van der Waals surface area contributed by atoms with Crippen LogP contribution in [0.25, 0.3) is 0 Å². The van der Waals surface area contributed by atoms with Gasteiger partial charge in [-0.25, -0.2) is 4.99 Å². The van der Waals surface area contributed by atoms with E-state index < -0.39 is 0 Å². The normalized spacial score (nSPS) is 11.2. The Labute approximate surface area is 185 Å². The van der Waals surface area contributed by atoms with Crippen molar-refractivity contribution in [2.75, 3.05) is 13.6 Å². The van der Waals surface area contributed by atoms with E-state index in [1.54, 1.807) is 12.4 Å². The Balaban J connectivity index is 1.65. The molecule has 0 atom stereocenters. The van der Waals surface area contributed by atoms with E-state index in [9.17, 15) is 0 Å². The van der Waals surface area contributed by atoms with Crippen molar-refractivity contribution in [1.82, 2.24) is 14.3 Å². The third-order valence-corrected chi connectivity index (χ3v) is 5.52. The number of rotatable bonds is 8. The zero-order chi connectivity index (χ0) is 20.8. The number of benzene rings is 2. The molecule has 2 aromatic carbocycles. The molecule has 0 aliphatic carbocycles. The Morgan fingerprint density at radius 2 is 1.93 bits per heavy atom. The standard InChI is InChI=1S/C21H22Cl2N4OS/c1-4-27(3)13-24-18-12-17(23)19(11-14(18)2)28-21-25-20(26-29-21)10-7-15-5-8-16(22)9-6-15/h5-6,8-9,11-13H,4,7,10H2,1-3H3. The van der Waals surface area contributed by atoms with Crippen molar-refractivity contribution in [2.45, 2.75) is 26.7 Å². The molecule has 0 radical (unpaired) electrons. The van der Waals surface area contributed by atoms with Gasteiger partial charge in [0.05, 0.1) is 17.0 Å². The van der Waals surface area contributed by atoms with Gasteiger partial charge in [0.2, 0.25) is 0 Å². The van der Waals surface area contributed by atoms with Crippen LogP contribution in [-0.4, -0.2) is 34.2 Å². The topological polar surface area (TPSA) is 50.6 Å². The highest BCUT2D eigenvalue weighted by molar-refractivity contribution is 7.07. The quantitative estimate of drug-likeness (QED) is 0.297. The van der Waals surface area contributed by atoms with Gasteiger partial charge in [-0.3, -0.25) is 0 Å². The maximum absolute atomic E-state index is 6.39. The van der Waals surface area contributed by atoms with Crippen LogP contribution in [-0.2, 0) is 12.8 Å². The molecule has 29 heavy (non-hydrogen) atoms. The molecule has 0 amide bonds. The monoisotopic (exact) mass is 448 g/mol. The first-order valence-corrected chi connectivity index (χ1v) is 10.8. The molecule has 0 aliphatic heterocycles. The SMILES string of the molecule is CCN(C)C=Nc1cc(Cl)c(Oc2nc(CCc3ccc(Cl)cc3)ns2)cc1C. The predicted molar refractivity (Wildman–Crippen MR) is 121 cm³/mol. The van der Waals surface area contributed by atoms with E-state index in [0.29, 0.717) is 16.0 Å². The van der Waals surface area contributed by atoms with Gasteiger partial charge in [-0.2, -0.15) is 9.36 Å². The van der Waals surface area contributed by atoms with Gasteiger partial charge in [-0.05, 0) is 55.7 Å². The molecule has 3 rings (SSSR count). The lowest BCUT2D eigenvalue weighted by molar-refractivity contribution is 0.477. The van der Waals surface area contributed by atoms with E-state index in [2.05, 4.69) is 21.3 Å². The summed E-state index contributed by atoms with van der Waals surface area (Å²) in [4.78, 5) is 10.9. The smallest absolute Gasteiger partial charge is 0.298 e. The first-order chi connectivity index (χ1) is 13.9. The molecule has 0 unspecified atom stereocenters. The third kappa shape index (κ3) is 6.16. The number of aliphatic imine (C=N–C) groups is 1. The Morgan fingerprint density at radius 3 is 2.66 bits per heavy atom. The highest BCUT2D eigenvalue weighted by Gasteiger charge is 2.12. The summed E-state index contributed by atoms with van der Waals surface area (Å²) in [5, 5.41) is 1.69. The van der Waals surface area contributed by atoms with Crippen molar-refractivity contribution in [2.24, 2.45) is 4.99 Å². The summed E-state index contributed by atoms with van der Waals surface area (Å²) >= 11 is 13.5. The van der Waals surface area contributed by atoms with Crippen LogP contribution >= 0.6 is 34.7 Å². The predicted octanol–water partition coefficient (Wildman–Crippen LogP) is 6.34. The first kappa shape index (κ1) is 21.6. The fourth-order valence-corrected chi connectivity index (χ4v) is 3.40. The molecule has 1 heterocycles. The Morgan fingerprint density at radius 1 is 1.17 bits per heavy atom. The van der Waals surface area contributed by atoms with E-state index in [0.717, 1.165) is 41.5 Å². The van der Waals surface area contributed by atoms with Crippen molar-refractivity contribution in [1.29, 1.82) is 0 Å². The molecule has 1 aromatic heterocycles. The summed E-state index contributed by atoms with van der Waals surface area (Å²) < 4.78 is 10.3. The van der Waals surface area contributed by atoms with E-state index in [1.807, 2.05) is 49.2 Å². The van der Waals surface area contributed by atoms with Crippen LogP contribution < -0.4 is 4.74 Å². The van der Waals surface area contributed by atoms with Crippen molar-refractivity contribution in [3.63, 3.8) is 0 Å². The van der Waals surface area contributed by atoms with Crippen molar-refractivity contribution in [3.05, 3.63) is 63.4 Å². The Hall–Kier alpha value is -2.15. The highest BCUT2D eigenvalue weighted by Crippen LogP contribution is 2.35. The molecule has 0 saturated heterocycles. The fourth-order valence-electron chi connectivity index (χ4n) is 2.49. The minimum atomic E-state index is 0.472. The molecular formula is C21H22Cl2N4OS. The molecule has 0 spiro atoms. The largest absolute Gasteiger partial charge is 0.428 e. The molecule has 3 aromatic rings. The Bertz CT molecular complexity index is 989. The molecule has 8 heteroatoms. The lowest BCUT2D eigenvalue weighted by Gasteiger charge is -2.10. The average molecular weight is 449 g/mol. The highest BCUT2D eigenvalue weighted by atomic mass is 35.5. The van der Waals surface area contributed by atoms with Crippen LogP contribution in [0.5, 0.6) is 10.9 Å². The summed E-state index contributed by atoms with van der Waals surface area (Å²) in [5.74, 6) is 1.30. The third-order valence-electron chi connectivity index (χ3n) is 4.34. The van der Waals surface area contributed by atoms with E-state index in [1.165, 1.54) is 17.1 Å². The number of aromatic nitrogens is 2. The lowest BCUT2D eigenvalue weighted by Crippen LogP contribution is -2.14. The molecule has 5 nitrogen and oxygen atoms in total. The van der Waals surface area contributed by atoms with Gasteiger partial charge in [0, 0.05) is 36.6 Å². The zero-order valence-corrected chi connectivity index (χ0v) is 18.9. The number of hydrogen-bond acceptors (Lipinski definition) is 5. The second kappa shape index (κ2) is 10.1. The van der Waals surface area contributed by atoms with Gasteiger partial charge in [0.25, 0.3) is 5.19 Å². The molecule has 0 fully saturated rings. The van der Waals surface area contributed by atoms with Crippen molar-refractivity contribution >= 4 is 46.8 Å². The van der Waals surface area contributed by atoms with Gasteiger partial charge in [-0.15, -0.1) is 0 Å².